The van der Waals surface area contributed by atoms with Crippen LogP contribution in [0.4, 0.5) is 22.0 Å². The van der Waals surface area contributed by atoms with Crippen LogP contribution in [0, 0.1) is 11.6 Å². The number of benzene rings is 2. The fourth-order valence-electron chi connectivity index (χ4n) is 3.31. The standard InChI is InChI=1S/C18H16ClF5OSi/c19-26-7-5-11(6-8-26)13-9-15(20)17(16(21)10-13)12-1-3-14(4-2-12)25-18(22,23)24/h1-4,9-11,26H,5-8H2. The number of rotatable bonds is 3. The van der Waals surface area contributed by atoms with E-state index >= 15 is 0 Å². The fraction of sp³-hybridized carbons (Fsp3) is 0.333. The SMILES string of the molecule is Fc1cc(C2CC[SiH](Cl)CC2)cc(F)c1-c1ccc(OC(F)(F)F)cc1. The second-order valence-corrected chi connectivity index (χ2v) is 10.6. The largest absolute Gasteiger partial charge is 0.573 e. The minimum atomic E-state index is -4.81. The second-order valence-electron chi connectivity index (χ2n) is 6.38. The summed E-state index contributed by atoms with van der Waals surface area (Å²) >= 11 is 6.20. The van der Waals surface area contributed by atoms with E-state index in [-0.39, 0.29) is 17.0 Å². The summed E-state index contributed by atoms with van der Waals surface area (Å²) in [6.45, 7) is 0. The van der Waals surface area contributed by atoms with Crippen molar-refractivity contribution in [2.75, 3.05) is 0 Å². The molecule has 1 fully saturated rings. The Labute approximate surface area is 154 Å². The highest BCUT2D eigenvalue weighted by Crippen LogP contribution is 2.37. The quantitative estimate of drug-likeness (QED) is 0.327. The van der Waals surface area contributed by atoms with Gasteiger partial charge in [0.25, 0.3) is 0 Å². The summed E-state index contributed by atoms with van der Waals surface area (Å²) in [5.41, 5.74) is 0.504. The molecule has 3 rings (SSSR count). The van der Waals surface area contributed by atoms with Crippen molar-refractivity contribution in [3.63, 3.8) is 0 Å². The van der Waals surface area contributed by atoms with Gasteiger partial charge in [-0.3, -0.25) is 0 Å². The predicted molar refractivity (Wildman–Crippen MR) is 93.1 cm³/mol. The van der Waals surface area contributed by atoms with Crippen molar-refractivity contribution < 1.29 is 26.7 Å². The molecule has 0 bridgehead atoms. The van der Waals surface area contributed by atoms with E-state index in [4.69, 9.17) is 11.1 Å². The van der Waals surface area contributed by atoms with Crippen LogP contribution in [-0.4, -0.2) is 14.5 Å². The molecule has 0 saturated carbocycles. The molecule has 0 atom stereocenters. The van der Waals surface area contributed by atoms with Crippen LogP contribution in [-0.2, 0) is 0 Å². The zero-order chi connectivity index (χ0) is 18.9. The van der Waals surface area contributed by atoms with E-state index in [9.17, 15) is 22.0 Å². The topological polar surface area (TPSA) is 9.23 Å². The normalized spacial score (nSPS) is 20.8. The Balaban J connectivity index is 1.84. The first kappa shape index (κ1) is 19.2. The third kappa shape index (κ3) is 4.56. The van der Waals surface area contributed by atoms with E-state index < -0.39 is 31.9 Å². The molecule has 8 heteroatoms. The van der Waals surface area contributed by atoms with Crippen LogP contribution in [0.15, 0.2) is 36.4 Å². The zero-order valence-corrected chi connectivity index (χ0v) is 15.5. The smallest absolute Gasteiger partial charge is 0.406 e. The van der Waals surface area contributed by atoms with Crippen molar-refractivity contribution in [1.29, 1.82) is 0 Å². The van der Waals surface area contributed by atoms with Crippen LogP contribution in [0.2, 0.25) is 12.1 Å². The summed E-state index contributed by atoms with van der Waals surface area (Å²) in [7, 11) is -1.17. The first-order chi connectivity index (χ1) is 12.2. The van der Waals surface area contributed by atoms with Crippen LogP contribution in [0.1, 0.15) is 24.3 Å². The van der Waals surface area contributed by atoms with E-state index in [0.29, 0.717) is 5.56 Å². The zero-order valence-electron chi connectivity index (χ0n) is 13.6. The van der Waals surface area contributed by atoms with Crippen LogP contribution >= 0.6 is 11.1 Å². The average molecular weight is 407 g/mol. The number of ether oxygens (including phenoxy) is 1. The molecule has 1 heterocycles. The van der Waals surface area contributed by atoms with Crippen LogP contribution < -0.4 is 4.74 Å². The van der Waals surface area contributed by atoms with Crippen molar-refractivity contribution in [3.8, 4) is 16.9 Å². The van der Waals surface area contributed by atoms with Gasteiger partial charge in [-0.05, 0) is 66.2 Å². The molecule has 0 unspecified atom stereocenters. The van der Waals surface area contributed by atoms with Gasteiger partial charge in [0, 0.05) is 0 Å². The minimum absolute atomic E-state index is 0.0955. The molecule has 1 nitrogen and oxygen atoms in total. The third-order valence-corrected chi connectivity index (χ3v) is 7.80. The molecular formula is C18H16ClF5OSi. The number of hydrogen-bond acceptors (Lipinski definition) is 1. The minimum Gasteiger partial charge on any atom is -0.406 e. The van der Waals surface area contributed by atoms with Crippen molar-refractivity contribution in [1.82, 2.24) is 0 Å². The lowest BCUT2D eigenvalue weighted by Gasteiger charge is -2.25. The van der Waals surface area contributed by atoms with Gasteiger partial charge >= 0.3 is 6.36 Å². The Morgan fingerprint density at radius 1 is 0.962 bits per heavy atom. The molecular weight excluding hydrogens is 391 g/mol. The van der Waals surface area contributed by atoms with E-state index in [2.05, 4.69) is 4.74 Å². The molecule has 1 aliphatic rings. The van der Waals surface area contributed by atoms with Gasteiger partial charge in [0.1, 0.15) is 25.5 Å². The Morgan fingerprint density at radius 2 is 1.50 bits per heavy atom. The predicted octanol–water partition coefficient (Wildman–Crippen LogP) is 6.37. The highest BCUT2D eigenvalue weighted by Gasteiger charge is 2.31. The van der Waals surface area contributed by atoms with Crippen LogP contribution in [0.3, 0.4) is 0 Å². The molecule has 0 spiro atoms. The molecule has 0 radical (unpaired) electrons. The maximum Gasteiger partial charge on any atom is 0.573 e. The second kappa shape index (κ2) is 7.56. The van der Waals surface area contributed by atoms with Gasteiger partial charge in [-0.25, -0.2) is 8.78 Å². The number of alkyl halides is 3. The lowest BCUT2D eigenvalue weighted by molar-refractivity contribution is -0.274. The van der Waals surface area contributed by atoms with E-state index in [1.807, 2.05) is 0 Å². The van der Waals surface area contributed by atoms with Gasteiger partial charge in [0.05, 0.1) is 5.56 Å². The molecule has 1 aliphatic heterocycles. The Kier molecular flexibility index (Phi) is 5.57. The summed E-state index contributed by atoms with van der Waals surface area (Å²) in [4.78, 5) is 0. The Morgan fingerprint density at radius 3 is 2.00 bits per heavy atom. The molecule has 2 aromatic carbocycles. The van der Waals surface area contributed by atoms with Gasteiger partial charge in [-0.2, -0.15) is 11.1 Å². The van der Waals surface area contributed by atoms with Gasteiger partial charge in [0.2, 0.25) is 0 Å². The summed E-state index contributed by atoms with van der Waals surface area (Å²) in [6, 6.07) is 8.98. The van der Waals surface area contributed by atoms with Crippen molar-refractivity contribution in [2.24, 2.45) is 0 Å². The first-order valence-electron chi connectivity index (χ1n) is 8.22. The van der Waals surface area contributed by atoms with Gasteiger partial charge in [0.15, 0.2) is 0 Å². The summed E-state index contributed by atoms with van der Waals surface area (Å²) in [5, 5.41) is 0. The van der Waals surface area contributed by atoms with Crippen LogP contribution in [0.5, 0.6) is 5.75 Å². The third-order valence-electron chi connectivity index (χ3n) is 4.57. The summed E-state index contributed by atoms with van der Waals surface area (Å²) in [5.74, 6) is -1.80. The van der Waals surface area contributed by atoms with E-state index in [1.165, 1.54) is 24.3 Å². The van der Waals surface area contributed by atoms with Crippen molar-refractivity contribution >= 4 is 19.2 Å². The summed E-state index contributed by atoms with van der Waals surface area (Å²) in [6.07, 6.45) is -3.14. The lowest BCUT2D eigenvalue weighted by atomic mass is 9.91. The first-order valence-corrected chi connectivity index (χ1v) is 11.6. The van der Waals surface area contributed by atoms with Crippen LogP contribution in [0.25, 0.3) is 11.1 Å². The fourth-order valence-corrected chi connectivity index (χ4v) is 5.89. The average Bonchev–Trinajstić information content (AvgIpc) is 2.55. The molecule has 2 aromatic rings. The monoisotopic (exact) mass is 406 g/mol. The molecule has 0 N–H and O–H groups in total. The van der Waals surface area contributed by atoms with Gasteiger partial charge in [-0.1, -0.05) is 12.1 Å². The van der Waals surface area contributed by atoms with Crippen molar-refractivity contribution in [3.05, 3.63) is 53.6 Å². The van der Waals surface area contributed by atoms with E-state index in [1.54, 1.807) is 0 Å². The maximum atomic E-state index is 14.5. The summed E-state index contributed by atoms with van der Waals surface area (Å²) < 4.78 is 69.4. The van der Waals surface area contributed by atoms with E-state index in [0.717, 1.165) is 37.1 Å². The molecule has 1 saturated heterocycles. The highest BCUT2D eigenvalue weighted by atomic mass is 35.6. The lowest BCUT2D eigenvalue weighted by Crippen LogP contribution is -2.17. The van der Waals surface area contributed by atoms with Gasteiger partial charge in [-0.15, -0.1) is 13.2 Å². The molecule has 140 valence electrons. The molecule has 0 aliphatic carbocycles. The number of hydrogen-bond donors (Lipinski definition) is 0. The maximum absolute atomic E-state index is 14.5. The highest BCUT2D eigenvalue weighted by molar-refractivity contribution is 7.07. The molecule has 0 amide bonds. The number of halogens is 6. The Hall–Kier alpha value is -1.60. The molecule has 26 heavy (non-hydrogen) atoms. The Bertz CT molecular complexity index is 747. The van der Waals surface area contributed by atoms with Crippen molar-refractivity contribution in [2.45, 2.75) is 37.2 Å². The molecule has 0 aromatic heterocycles. The van der Waals surface area contributed by atoms with Gasteiger partial charge < -0.3 is 4.74 Å².